The van der Waals surface area contributed by atoms with Crippen molar-refractivity contribution in [2.45, 2.75) is 24.9 Å². The molecule has 0 bridgehead atoms. The van der Waals surface area contributed by atoms with E-state index in [9.17, 15) is 9.59 Å². The maximum atomic E-state index is 11.4. The third kappa shape index (κ3) is 4.28. The molecule has 1 aliphatic rings. The fraction of sp³-hybridized carbons (Fsp3) is 0.778. The number of hydrogen-bond acceptors (Lipinski definition) is 4. The van der Waals surface area contributed by atoms with Gasteiger partial charge in [0.1, 0.15) is 0 Å². The molecule has 1 rings (SSSR count). The van der Waals surface area contributed by atoms with Crippen LogP contribution in [0.25, 0.3) is 0 Å². The number of carboxylic acids is 1. The van der Waals surface area contributed by atoms with Crippen molar-refractivity contribution in [3.8, 4) is 0 Å². The van der Waals surface area contributed by atoms with Gasteiger partial charge >= 0.3 is 12.0 Å². The summed E-state index contributed by atoms with van der Waals surface area (Å²) >= 11 is 1.84. The molecule has 0 aromatic heterocycles. The van der Waals surface area contributed by atoms with Crippen molar-refractivity contribution in [2.75, 3.05) is 18.1 Å². The van der Waals surface area contributed by atoms with Crippen molar-refractivity contribution in [1.82, 2.24) is 10.6 Å². The van der Waals surface area contributed by atoms with E-state index in [1.165, 1.54) is 0 Å². The minimum absolute atomic E-state index is 0.106. The summed E-state index contributed by atoms with van der Waals surface area (Å²) in [6.45, 7) is -0.608. The second kappa shape index (κ2) is 6.59. The lowest BCUT2D eigenvalue weighted by Gasteiger charge is -2.23. The zero-order valence-electron chi connectivity index (χ0n) is 8.81. The standard InChI is InChI=1S/C9H16N2O4S/c12-5-7(8(13)14)11-9(15)10-6-1-3-16-4-2-6/h6-7,12H,1-5H2,(H,13,14)(H2,10,11,15)/t7-/m1/s1. The highest BCUT2D eigenvalue weighted by Gasteiger charge is 2.21. The average molecular weight is 248 g/mol. The summed E-state index contributed by atoms with van der Waals surface area (Å²) < 4.78 is 0. The summed E-state index contributed by atoms with van der Waals surface area (Å²) in [5.41, 5.74) is 0. The van der Waals surface area contributed by atoms with Gasteiger partial charge in [-0.3, -0.25) is 0 Å². The Kier molecular flexibility index (Phi) is 5.41. The zero-order valence-corrected chi connectivity index (χ0v) is 9.63. The van der Waals surface area contributed by atoms with Crippen LogP contribution in [-0.2, 0) is 4.79 Å². The van der Waals surface area contributed by atoms with E-state index in [4.69, 9.17) is 10.2 Å². The van der Waals surface area contributed by atoms with Gasteiger partial charge in [0.2, 0.25) is 0 Å². The molecule has 2 amide bonds. The molecule has 92 valence electrons. The number of carbonyl (C=O) groups is 2. The first kappa shape index (κ1) is 13.1. The highest BCUT2D eigenvalue weighted by Crippen LogP contribution is 2.16. The zero-order chi connectivity index (χ0) is 12.0. The third-order valence-corrected chi connectivity index (χ3v) is 3.39. The first-order valence-corrected chi connectivity index (χ1v) is 6.27. The summed E-state index contributed by atoms with van der Waals surface area (Å²) in [5.74, 6) is 0.775. The fourth-order valence-electron chi connectivity index (χ4n) is 1.41. The Morgan fingerprint density at radius 1 is 1.38 bits per heavy atom. The molecule has 1 atom stereocenters. The van der Waals surface area contributed by atoms with Crippen LogP contribution in [0, 0.1) is 0 Å². The molecule has 7 heteroatoms. The number of urea groups is 1. The quantitative estimate of drug-likeness (QED) is 0.544. The minimum Gasteiger partial charge on any atom is -0.480 e. The highest BCUT2D eigenvalue weighted by atomic mass is 32.2. The van der Waals surface area contributed by atoms with Crippen molar-refractivity contribution < 1.29 is 19.8 Å². The van der Waals surface area contributed by atoms with Crippen LogP contribution < -0.4 is 10.6 Å². The monoisotopic (exact) mass is 248 g/mol. The number of aliphatic hydroxyl groups excluding tert-OH is 1. The lowest BCUT2D eigenvalue weighted by molar-refractivity contribution is -0.140. The molecule has 0 aliphatic carbocycles. The molecule has 1 heterocycles. The Morgan fingerprint density at radius 2 is 2.00 bits per heavy atom. The van der Waals surface area contributed by atoms with Crippen LogP contribution >= 0.6 is 11.8 Å². The van der Waals surface area contributed by atoms with E-state index in [0.717, 1.165) is 24.3 Å². The van der Waals surface area contributed by atoms with Gasteiger partial charge < -0.3 is 20.8 Å². The number of rotatable bonds is 4. The number of nitrogens with one attached hydrogen (secondary N) is 2. The largest absolute Gasteiger partial charge is 0.480 e. The molecule has 0 spiro atoms. The van der Waals surface area contributed by atoms with E-state index in [-0.39, 0.29) is 6.04 Å². The van der Waals surface area contributed by atoms with Gasteiger partial charge in [-0.05, 0) is 24.3 Å². The second-order valence-electron chi connectivity index (χ2n) is 3.58. The normalized spacial score (nSPS) is 18.8. The van der Waals surface area contributed by atoms with Crippen LogP contribution in [0.2, 0.25) is 0 Å². The number of amides is 2. The first-order chi connectivity index (χ1) is 7.63. The van der Waals surface area contributed by atoms with Gasteiger partial charge in [-0.15, -0.1) is 0 Å². The molecule has 1 aliphatic heterocycles. The lowest BCUT2D eigenvalue weighted by atomic mass is 10.1. The minimum atomic E-state index is -1.24. The number of thioether (sulfide) groups is 1. The van der Waals surface area contributed by atoms with E-state index >= 15 is 0 Å². The molecule has 1 fully saturated rings. The van der Waals surface area contributed by atoms with Crippen LogP contribution in [0.15, 0.2) is 0 Å². The SMILES string of the molecule is O=C(NC1CCSCC1)N[C@H](CO)C(=O)O. The Balaban J connectivity index is 2.31. The smallest absolute Gasteiger partial charge is 0.328 e. The van der Waals surface area contributed by atoms with E-state index in [2.05, 4.69) is 10.6 Å². The van der Waals surface area contributed by atoms with Gasteiger partial charge in [0, 0.05) is 6.04 Å². The molecule has 4 N–H and O–H groups in total. The van der Waals surface area contributed by atoms with Crippen LogP contribution in [0.4, 0.5) is 4.79 Å². The van der Waals surface area contributed by atoms with E-state index in [0.29, 0.717) is 0 Å². The van der Waals surface area contributed by atoms with Crippen molar-refractivity contribution in [3.63, 3.8) is 0 Å². The van der Waals surface area contributed by atoms with Crippen molar-refractivity contribution >= 4 is 23.8 Å². The van der Waals surface area contributed by atoms with E-state index in [1.54, 1.807) is 0 Å². The summed E-state index contributed by atoms with van der Waals surface area (Å²) in [4.78, 5) is 21.9. The van der Waals surface area contributed by atoms with Crippen LogP contribution in [0.5, 0.6) is 0 Å². The Labute approximate surface area is 97.8 Å². The molecule has 6 nitrogen and oxygen atoms in total. The second-order valence-corrected chi connectivity index (χ2v) is 4.80. The number of aliphatic hydroxyl groups is 1. The van der Waals surface area contributed by atoms with Gasteiger partial charge in [-0.25, -0.2) is 9.59 Å². The first-order valence-electron chi connectivity index (χ1n) is 5.12. The van der Waals surface area contributed by atoms with Gasteiger partial charge in [-0.2, -0.15) is 11.8 Å². The number of aliphatic carboxylic acids is 1. The van der Waals surface area contributed by atoms with Crippen LogP contribution in [0.3, 0.4) is 0 Å². The van der Waals surface area contributed by atoms with Crippen LogP contribution in [0.1, 0.15) is 12.8 Å². The summed E-state index contributed by atoms with van der Waals surface area (Å²) in [6, 6.07) is -1.66. The maximum Gasteiger partial charge on any atom is 0.328 e. The predicted octanol–water partition coefficient (Wildman–Crippen LogP) is -0.373. The average Bonchev–Trinajstić information content (AvgIpc) is 2.27. The van der Waals surface area contributed by atoms with Crippen molar-refractivity contribution in [1.29, 1.82) is 0 Å². The number of hydrogen-bond donors (Lipinski definition) is 4. The summed E-state index contributed by atoms with van der Waals surface area (Å²) in [5, 5.41) is 22.3. The molecule has 0 unspecified atom stereocenters. The lowest BCUT2D eigenvalue weighted by Crippen LogP contribution is -2.51. The number of carboxylic acid groups (broad SMARTS) is 1. The van der Waals surface area contributed by atoms with E-state index in [1.807, 2.05) is 11.8 Å². The Bertz CT molecular complexity index is 256. The molecule has 16 heavy (non-hydrogen) atoms. The molecule has 0 saturated carbocycles. The molecule has 1 saturated heterocycles. The third-order valence-electron chi connectivity index (χ3n) is 2.34. The number of carbonyl (C=O) groups excluding carboxylic acids is 1. The maximum absolute atomic E-state index is 11.4. The fourth-order valence-corrected chi connectivity index (χ4v) is 2.52. The molecular formula is C9H16N2O4S. The molecule has 0 radical (unpaired) electrons. The predicted molar refractivity (Wildman–Crippen MR) is 60.5 cm³/mol. The summed E-state index contributed by atoms with van der Waals surface area (Å²) in [6.07, 6.45) is 1.80. The molecular weight excluding hydrogens is 232 g/mol. The van der Waals surface area contributed by atoms with Gasteiger partial charge in [-0.1, -0.05) is 0 Å². The van der Waals surface area contributed by atoms with Gasteiger partial charge in [0.15, 0.2) is 6.04 Å². The Hall–Kier alpha value is -0.950. The molecule has 0 aromatic carbocycles. The summed E-state index contributed by atoms with van der Waals surface area (Å²) in [7, 11) is 0. The van der Waals surface area contributed by atoms with Crippen molar-refractivity contribution in [3.05, 3.63) is 0 Å². The Morgan fingerprint density at radius 3 is 2.50 bits per heavy atom. The molecule has 0 aromatic rings. The van der Waals surface area contributed by atoms with Crippen molar-refractivity contribution in [2.24, 2.45) is 0 Å². The topological polar surface area (TPSA) is 98.7 Å². The van der Waals surface area contributed by atoms with Crippen LogP contribution in [-0.4, -0.2) is 52.4 Å². The highest BCUT2D eigenvalue weighted by molar-refractivity contribution is 7.99. The van der Waals surface area contributed by atoms with Gasteiger partial charge in [0.05, 0.1) is 6.61 Å². The van der Waals surface area contributed by atoms with Gasteiger partial charge in [0.25, 0.3) is 0 Å². The van der Waals surface area contributed by atoms with E-state index < -0.39 is 24.6 Å².